The summed E-state index contributed by atoms with van der Waals surface area (Å²) in [7, 11) is 0. The van der Waals surface area contributed by atoms with Crippen molar-refractivity contribution in [3.63, 3.8) is 0 Å². The van der Waals surface area contributed by atoms with Crippen LogP contribution in [-0.2, 0) is 0 Å². The molecule has 0 aliphatic rings. The zero-order chi connectivity index (χ0) is 15.5. The molecule has 0 amide bonds. The number of rotatable bonds is 5. The third-order valence-corrected chi connectivity index (χ3v) is 3.52. The van der Waals surface area contributed by atoms with Crippen LogP contribution in [0.5, 0.6) is 5.75 Å². The van der Waals surface area contributed by atoms with Crippen LogP contribution >= 0.6 is 12.6 Å². The molecule has 0 bridgehead atoms. The average Bonchev–Trinajstić information content (AvgIpc) is 2.31. The third-order valence-electron chi connectivity index (χ3n) is 3.08. The van der Waals surface area contributed by atoms with E-state index in [9.17, 15) is 18.9 Å². The molecule has 0 aliphatic carbocycles. The summed E-state index contributed by atoms with van der Waals surface area (Å²) in [6.07, 6.45) is 0. The highest BCUT2D eigenvalue weighted by Crippen LogP contribution is 2.30. The molecule has 1 aromatic rings. The van der Waals surface area contributed by atoms with Gasteiger partial charge in [0.05, 0.1) is 17.6 Å². The first kappa shape index (κ1) is 16.7. The van der Waals surface area contributed by atoms with Gasteiger partial charge in [0.2, 0.25) is 5.82 Å². The van der Waals surface area contributed by atoms with E-state index in [0.29, 0.717) is 17.9 Å². The first-order valence-electron chi connectivity index (χ1n) is 6.04. The van der Waals surface area contributed by atoms with Crippen molar-refractivity contribution in [2.24, 2.45) is 11.3 Å². The second-order valence-electron chi connectivity index (χ2n) is 5.55. The van der Waals surface area contributed by atoms with Gasteiger partial charge in [-0.15, -0.1) is 0 Å². The van der Waals surface area contributed by atoms with Gasteiger partial charge in [-0.05, 0) is 11.2 Å². The Bertz CT molecular complexity index is 503. The number of halogens is 2. The predicted molar refractivity (Wildman–Crippen MR) is 75.3 cm³/mol. The maximum atomic E-state index is 13.6. The quantitative estimate of drug-likeness (QED) is 0.511. The van der Waals surface area contributed by atoms with E-state index >= 15 is 0 Å². The van der Waals surface area contributed by atoms with E-state index < -0.39 is 22.2 Å². The topological polar surface area (TPSA) is 52.4 Å². The second kappa shape index (κ2) is 6.39. The van der Waals surface area contributed by atoms with Crippen LogP contribution in [0.4, 0.5) is 14.5 Å². The van der Waals surface area contributed by atoms with Gasteiger partial charge < -0.3 is 4.74 Å². The van der Waals surface area contributed by atoms with Gasteiger partial charge in [-0.2, -0.15) is 17.0 Å². The summed E-state index contributed by atoms with van der Waals surface area (Å²) in [6, 6.07) is 1.23. The van der Waals surface area contributed by atoms with Gasteiger partial charge >= 0.3 is 5.69 Å². The van der Waals surface area contributed by atoms with Gasteiger partial charge in [-0.25, -0.2) is 4.39 Å². The summed E-state index contributed by atoms with van der Waals surface area (Å²) >= 11 is 4.21. The lowest BCUT2D eigenvalue weighted by atomic mass is 9.82. The number of nitrogens with zero attached hydrogens (tertiary/aromatic N) is 1. The Kier molecular flexibility index (Phi) is 5.33. The maximum Gasteiger partial charge on any atom is 0.307 e. The molecule has 0 spiro atoms. The summed E-state index contributed by atoms with van der Waals surface area (Å²) in [6.45, 7) is 6.12. The monoisotopic (exact) mass is 305 g/mol. The highest BCUT2D eigenvalue weighted by atomic mass is 32.1. The fraction of sp³-hybridized carbons (Fsp3) is 0.538. The van der Waals surface area contributed by atoms with Crippen molar-refractivity contribution in [3.8, 4) is 5.75 Å². The van der Waals surface area contributed by atoms with Crippen molar-refractivity contribution in [1.29, 1.82) is 0 Å². The van der Waals surface area contributed by atoms with Crippen LogP contribution in [-0.4, -0.2) is 17.3 Å². The molecule has 0 aliphatic heterocycles. The Morgan fingerprint density at radius 1 is 1.35 bits per heavy atom. The van der Waals surface area contributed by atoms with Gasteiger partial charge in [0, 0.05) is 12.0 Å². The molecule has 0 saturated carbocycles. The Balaban J connectivity index is 2.89. The number of nitro groups is 1. The summed E-state index contributed by atoms with van der Waals surface area (Å²) < 4.78 is 32.3. The molecule has 7 heteroatoms. The average molecular weight is 305 g/mol. The van der Waals surface area contributed by atoms with Gasteiger partial charge in [-0.1, -0.05) is 20.8 Å². The minimum absolute atomic E-state index is 0.0310. The van der Waals surface area contributed by atoms with Gasteiger partial charge in [0.15, 0.2) is 11.6 Å². The van der Waals surface area contributed by atoms with Crippen molar-refractivity contribution in [1.82, 2.24) is 0 Å². The Morgan fingerprint density at radius 3 is 2.40 bits per heavy atom. The lowest BCUT2D eigenvalue weighted by Gasteiger charge is -2.29. The van der Waals surface area contributed by atoms with Gasteiger partial charge in [0.1, 0.15) is 0 Å². The van der Waals surface area contributed by atoms with E-state index in [0.717, 1.165) is 0 Å². The minimum Gasteiger partial charge on any atom is -0.490 e. The highest BCUT2D eigenvalue weighted by molar-refractivity contribution is 7.80. The summed E-state index contributed by atoms with van der Waals surface area (Å²) in [5.41, 5.74) is -1.01. The summed E-state index contributed by atoms with van der Waals surface area (Å²) in [5, 5.41) is 10.5. The van der Waals surface area contributed by atoms with Crippen molar-refractivity contribution in [2.75, 3.05) is 12.4 Å². The van der Waals surface area contributed by atoms with E-state index in [4.69, 9.17) is 4.74 Å². The van der Waals surface area contributed by atoms with E-state index in [1.54, 1.807) is 0 Å². The van der Waals surface area contributed by atoms with E-state index in [2.05, 4.69) is 12.6 Å². The lowest BCUT2D eigenvalue weighted by molar-refractivity contribution is -0.387. The molecule has 1 aromatic carbocycles. The van der Waals surface area contributed by atoms with Crippen molar-refractivity contribution in [2.45, 2.75) is 20.8 Å². The Morgan fingerprint density at radius 2 is 1.95 bits per heavy atom. The first-order valence-corrected chi connectivity index (χ1v) is 6.67. The van der Waals surface area contributed by atoms with Crippen molar-refractivity contribution >= 4 is 18.3 Å². The fourth-order valence-electron chi connectivity index (χ4n) is 1.54. The number of nitro benzene ring substituents is 1. The molecule has 112 valence electrons. The second-order valence-corrected chi connectivity index (χ2v) is 5.91. The third kappa shape index (κ3) is 4.06. The molecular formula is C13H17F2NO3S. The van der Waals surface area contributed by atoms with Crippen LogP contribution in [0, 0.1) is 33.1 Å². The highest BCUT2D eigenvalue weighted by Gasteiger charge is 2.25. The van der Waals surface area contributed by atoms with Crippen LogP contribution in [0.25, 0.3) is 0 Å². The molecule has 4 nitrogen and oxygen atoms in total. The van der Waals surface area contributed by atoms with Crippen LogP contribution in [0.2, 0.25) is 0 Å². The molecule has 0 saturated heterocycles. The molecular weight excluding hydrogens is 288 g/mol. The van der Waals surface area contributed by atoms with Crippen LogP contribution in [0.1, 0.15) is 20.8 Å². The molecule has 0 heterocycles. The number of hydrogen-bond acceptors (Lipinski definition) is 4. The first-order chi connectivity index (χ1) is 9.16. The van der Waals surface area contributed by atoms with Crippen molar-refractivity contribution in [3.05, 3.63) is 33.9 Å². The van der Waals surface area contributed by atoms with Crippen molar-refractivity contribution < 1.29 is 18.4 Å². The van der Waals surface area contributed by atoms with E-state index in [-0.39, 0.29) is 23.7 Å². The summed E-state index contributed by atoms with van der Waals surface area (Å²) in [5.74, 6) is -1.84. The molecule has 0 N–H and O–H groups in total. The number of benzene rings is 1. The van der Waals surface area contributed by atoms with Gasteiger partial charge in [-0.3, -0.25) is 10.1 Å². The molecule has 20 heavy (non-hydrogen) atoms. The van der Waals surface area contributed by atoms with Gasteiger partial charge in [0.25, 0.3) is 0 Å². The zero-order valence-electron chi connectivity index (χ0n) is 11.5. The smallest absolute Gasteiger partial charge is 0.307 e. The minimum atomic E-state index is -1.12. The van der Waals surface area contributed by atoms with Crippen LogP contribution in [0.15, 0.2) is 12.1 Å². The molecule has 0 radical (unpaired) electrons. The fourth-order valence-corrected chi connectivity index (χ4v) is 2.19. The number of thiol groups is 1. The lowest BCUT2D eigenvalue weighted by Crippen LogP contribution is -2.28. The molecule has 1 atom stereocenters. The zero-order valence-corrected chi connectivity index (χ0v) is 12.4. The summed E-state index contributed by atoms with van der Waals surface area (Å²) in [4.78, 5) is 9.50. The molecule has 1 unspecified atom stereocenters. The van der Waals surface area contributed by atoms with Crippen LogP contribution in [0.3, 0.4) is 0 Å². The Hall–Kier alpha value is -1.37. The Labute approximate surface area is 121 Å². The number of hydrogen-bond donors (Lipinski definition) is 1. The maximum absolute atomic E-state index is 13.6. The molecule has 0 fully saturated rings. The number of ether oxygens (including phenoxy) is 1. The largest absolute Gasteiger partial charge is 0.490 e. The van der Waals surface area contributed by atoms with E-state index in [1.165, 1.54) is 0 Å². The normalized spacial score (nSPS) is 13.1. The molecule has 0 aromatic heterocycles. The van der Waals surface area contributed by atoms with Crippen LogP contribution < -0.4 is 4.74 Å². The standard InChI is InChI=1S/C13H17F2NO3S/c1-13(2,3)8(7-20)6-19-12-5-9(14)11(16(17)18)4-10(12)15/h4-5,8,20H,6-7H2,1-3H3. The molecule has 1 rings (SSSR count). The van der Waals surface area contributed by atoms with E-state index in [1.807, 2.05) is 20.8 Å². The predicted octanol–water partition coefficient (Wildman–Crippen LogP) is 3.84. The SMILES string of the molecule is CC(C)(C)C(CS)COc1cc(F)c([N+](=O)[O-])cc1F.